The summed E-state index contributed by atoms with van der Waals surface area (Å²) in [7, 11) is 3.57. The summed E-state index contributed by atoms with van der Waals surface area (Å²) in [5.41, 5.74) is 0.911. The average molecular weight is 325 g/mol. The summed E-state index contributed by atoms with van der Waals surface area (Å²) in [5, 5.41) is 3.18. The van der Waals surface area contributed by atoms with Gasteiger partial charge in [0.1, 0.15) is 17.6 Å². The van der Waals surface area contributed by atoms with Crippen LogP contribution in [0.15, 0.2) is 48.8 Å². The molecule has 5 heteroatoms. The van der Waals surface area contributed by atoms with E-state index in [0.29, 0.717) is 0 Å². The maximum atomic E-state index is 12.8. The molecule has 1 aliphatic rings. The van der Waals surface area contributed by atoms with Gasteiger partial charge in [0, 0.05) is 30.9 Å². The lowest BCUT2D eigenvalue weighted by molar-refractivity contribution is -0.125. The first-order valence-corrected chi connectivity index (χ1v) is 8.26. The smallest absolute Gasteiger partial charge is 0.224 e. The molecule has 24 heavy (non-hydrogen) atoms. The standard InChI is InChI=1S/C19H23N3O2/c1-22-13-12-20-18(22)17(15-10-6-7-11-16(15)24-2)21-19(23)14-8-4-3-5-9-14/h3-4,6-7,10-14,17H,5,8-9H2,1-2H3,(H,21,23). The molecule has 5 nitrogen and oxygen atoms in total. The van der Waals surface area contributed by atoms with Gasteiger partial charge in [0.2, 0.25) is 5.91 Å². The molecular formula is C19H23N3O2. The Morgan fingerprint density at radius 1 is 1.38 bits per heavy atom. The van der Waals surface area contributed by atoms with Gasteiger partial charge in [-0.25, -0.2) is 4.98 Å². The molecule has 1 N–H and O–H groups in total. The van der Waals surface area contributed by atoms with E-state index >= 15 is 0 Å². The second-order valence-electron chi connectivity index (χ2n) is 6.06. The summed E-state index contributed by atoms with van der Waals surface area (Å²) in [4.78, 5) is 17.2. The predicted molar refractivity (Wildman–Crippen MR) is 92.7 cm³/mol. The second kappa shape index (κ2) is 7.34. The van der Waals surface area contributed by atoms with Crippen molar-refractivity contribution >= 4 is 5.91 Å². The third kappa shape index (κ3) is 3.35. The van der Waals surface area contributed by atoms with Crippen LogP contribution in [0.3, 0.4) is 0 Å². The van der Waals surface area contributed by atoms with Crippen LogP contribution in [-0.4, -0.2) is 22.6 Å². The van der Waals surface area contributed by atoms with E-state index in [9.17, 15) is 4.79 Å². The number of aromatic nitrogens is 2. The van der Waals surface area contributed by atoms with Crippen molar-refractivity contribution in [3.63, 3.8) is 0 Å². The quantitative estimate of drug-likeness (QED) is 0.860. The van der Waals surface area contributed by atoms with E-state index in [2.05, 4.69) is 22.5 Å². The molecule has 0 radical (unpaired) electrons. The van der Waals surface area contributed by atoms with Crippen LogP contribution in [0, 0.1) is 5.92 Å². The minimum atomic E-state index is -0.334. The highest BCUT2D eigenvalue weighted by Crippen LogP contribution is 2.30. The molecule has 0 saturated heterocycles. The lowest BCUT2D eigenvalue weighted by Crippen LogP contribution is -2.36. The van der Waals surface area contributed by atoms with Gasteiger partial charge in [0.05, 0.1) is 7.11 Å². The highest BCUT2D eigenvalue weighted by atomic mass is 16.5. The van der Waals surface area contributed by atoms with Gasteiger partial charge in [0.15, 0.2) is 0 Å². The highest BCUT2D eigenvalue weighted by molar-refractivity contribution is 5.80. The normalized spacial score (nSPS) is 18.2. The van der Waals surface area contributed by atoms with E-state index in [1.54, 1.807) is 13.3 Å². The number of hydrogen-bond acceptors (Lipinski definition) is 3. The topological polar surface area (TPSA) is 56.1 Å². The van der Waals surface area contributed by atoms with E-state index < -0.39 is 0 Å². The maximum absolute atomic E-state index is 12.8. The monoisotopic (exact) mass is 325 g/mol. The van der Waals surface area contributed by atoms with Crippen LogP contribution in [-0.2, 0) is 11.8 Å². The van der Waals surface area contributed by atoms with Crippen molar-refractivity contribution in [1.29, 1.82) is 0 Å². The van der Waals surface area contributed by atoms with Gasteiger partial charge in [-0.15, -0.1) is 0 Å². The van der Waals surface area contributed by atoms with Crippen LogP contribution in [0.5, 0.6) is 5.75 Å². The number of hydrogen-bond donors (Lipinski definition) is 1. The van der Waals surface area contributed by atoms with E-state index in [1.807, 2.05) is 42.1 Å². The Bertz CT molecular complexity index is 736. The molecule has 2 aromatic rings. The van der Waals surface area contributed by atoms with Gasteiger partial charge in [-0.1, -0.05) is 30.4 Å². The largest absolute Gasteiger partial charge is 0.496 e. The molecule has 0 fully saturated rings. The van der Waals surface area contributed by atoms with Gasteiger partial charge in [-0.05, 0) is 25.3 Å². The average Bonchev–Trinajstić information content (AvgIpc) is 3.06. The number of carbonyl (C=O) groups excluding carboxylic acids is 1. The van der Waals surface area contributed by atoms with Crippen molar-refractivity contribution in [2.45, 2.75) is 25.3 Å². The number of nitrogens with zero attached hydrogens (tertiary/aromatic N) is 2. The molecule has 1 heterocycles. The molecule has 3 rings (SSSR count). The third-order valence-corrected chi connectivity index (χ3v) is 4.49. The number of imidazole rings is 1. The number of aryl methyl sites for hydroxylation is 1. The third-order valence-electron chi connectivity index (χ3n) is 4.49. The van der Waals surface area contributed by atoms with Crippen LogP contribution >= 0.6 is 0 Å². The molecule has 2 atom stereocenters. The minimum Gasteiger partial charge on any atom is -0.496 e. The maximum Gasteiger partial charge on any atom is 0.224 e. The number of para-hydroxylation sites is 1. The van der Waals surface area contributed by atoms with Crippen LogP contribution in [0.1, 0.15) is 36.7 Å². The first-order chi connectivity index (χ1) is 11.7. The fourth-order valence-corrected chi connectivity index (χ4v) is 3.13. The van der Waals surface area contributed by atoms with Crippen molar-refractivity contribution in [3.8, 4) is 5.75 Å². The number of benzene rings is 1. The van der Waals surface area contributed by atoms with E-state index in [1.165, 1.54) is 0 Å². The van der Waals surface area contributed by atoms with Crippen LogP contribution in [0.2, 0.25) is 0 Å². The molecular weight excluding hydrogens is 302 g/mol. The first kappa shape index (κ1) is 16.3. The van der Waals surface area contributed by atoms with Gasteiger partial charge in [0.25, 0.3) is 0 Å². The van der Waals surface area contributed by atoms with Crippen molar-refractivity contribution in [3.05, 3.63) is 60.2 Å². The number of carbonyl (C=O) groups is 1. The number of amides is 1. The van der Waals surface area contributed by atoms with Crippen molar-refractivity contribution in [2.24, 2.45) is 13.0 Å². The molecule has 1 aromatic carbocycles. The minimum absolute atomic E-state index is 0.0208. The summed E-state index contributed by atoms with van der Waals surface area (Å²) in [5.74, 6) is 1.62. The molecule has 2 unspecified atom stereocenters. The second-order valence-corrected chi connectivity index (χ2v) is 6.06. The number of nitrogens with one attached hydrogen (secondary N) is 1. The van der Waals surface area contributed by atoms with Gasteiger partial charge in [-0.2, -0.15) is 0 Å². The Kier molecular flexibility index (Phi) is 4.99. The van der Waals surface area contributed by atoms with Gasteiger partial charge in [-0.3, -0.25) is 4.79 Å². The van der Waals surface area contributed by atoms with Gasteiger partial charge >= 0.3 is 0 Å². The highest BCUT2D eigenvalue weighted by Gasteiger charge is 2.27. The summed E-state index contributed by atoms with van der Waals surface area (Å²) < 4.78 is 7.42. The fourth-order valence-electron chi connectivity index (χ4n) is 3.13. The molecule has 0 saturated carbocycles. The lowest BCUT2D eigenvalue weighted by atomic mass is 9.93. The molecule has 0 bridgehead atoms. The summed E-state index contributed by atoms with van der Waals surface area (Å²) in [6, 6.07) is 7.41. The van der Waals surface area contributed by atoms with Crippen LogP contribution in [0.4, 0.5) is 0 Å². The zero-order valence-corrected chi connectivity index (χ0v) is 14.1. The Morgan fingerprint density at radius 2 is 2.21 bits per heavy atom. The Morgan fingerprint density at radius 3 is 2.88 bits per heavy atom. The molecule has 1 aliphatic carbocycles. The summed E-state index contributed by atoms with van der Waals surface area (Å²) >= 11 is 0. The number of rotatable bonds is 5. The van der Waals surface area contributed by atoms with Crippen LogP contribution in [0.25, 0.3) is 0 Å². The molecule has 1 amide bonds. The zero-order chi connectivity index (χ0) is 16.9. The number of allylic oxidation sites excluding steroid dienone is 2. The van der Waals surface area contributed by atoms with Crippen molar-refractivity contribution in [2.75, 3.05) is 7.11 Å². The molecule has 0 aliphatic heterocycles. The summed E-state index contributed by atoms with van der Waals surface area (Å²) in [6.07, 6.45) is 10.5. The molecule has 1 aromatic heterocycles. The number of ether oxygens (including phenoxy) is 1. The van der Waals surface area contributed by atoms with Gasteiger partial charge < -0.3 is 14.6 Å². The fraction of sp³-hybridized carbons (Fsp3) is 0.368. The number of methoxy groups -OCH3 is 1. The molecule has 126 valence electrons. The first-order valence-electron chi connectivity index (χ1n) is 8.26. The Hall–Kier alpha value is -2.56. The van der Waals surface area contributed by atoms with Crippen LogP contribution < -0.4 is 10.1 Å². The molecule has 0 spiro atoms. The van der Waals surface area contributed by atoms with Crippen molar-refractivity contribution in [1.82, 2.24) is 14.9 Å². The van der Waals surface area contributed by atoms with Crippen molar-refractivity contribution < 1.29 is 9.53 Å². The SMILES string of the molecule is COc1ccccc1C(NC(=O)C1CC=CCC1)c1nccn1C. The Labute approximate surface area is 142 Å². The Balaban J connectivity index is 1.92. The zero-order valence-electron chi connectivity index (χ0n) is 14.1. The lowest BCUT2D eigenvalue weighted by Gasteiger charge is -2.24. The summed E-state index contributed by atoms with van der Waals surface area (Å²) in [6.45, 7) is 0. The van der Waals surface area contributed by atoms with E-state index in [0.717, 1.165) is 36.4 Å². The van der Waals surface area contributed by atoms with E-state index in [-0.39, 0.29) is 17.9 Å². The predicted octanol–water partition coefficient (Wildman–Crippen LogP) is 2.99. The van der Waals surface area contributed by atoms with E-state index in [4.69, 9.17) is 4.74 Å².